The van der Waals surface area contributed by atoms with Gasteiger partial charge in [-0.1, -0.05) is 41.4 Å². The first-order chi connectivity index (χ1) is 13.2. The maximum absolute atomic E-state index is 12.2. The Bertz CT molecular complexity index is 1000. The molecule has 2 N–H and O–H groups in total. The number of hydrogen-bond donors (Lipinski definition) is 2. The van der Waals surface area contributed by atoms with Crippen molar-refractivity contribution in [1.29, 1.82) is 0 Å². The molecule has 0 bridgehead atoms. The number of amides is 1. The first-order valence-electron chi connectivity index (χ1n) is 8.80. The number of benzene rings is 2. The van der Waals surface area contributed by atoms with Crippen molar-refractivity contribution in [3.8, 4) is 0 Å². The molecular weight excluding hydrogens is 419 g/mol. The van der Waals surface area contributed by atoms with Crippen molar-refractivity contribution in [3.63, 3.8) is 0 Å². The Labute approximate surface area is 174 Å². The van der Waals surface area contributed by atoms with Gasteiger partial charge in [-0.2, -0.15) is 0 Å². The van der Waals surface area contributed by atoms with Crippen LogP contribution >= 0.6 is 23.2 Å². The molecule has 0 aliphatic heterocycles. The van der Waals surface area contributed by atoms with Crippen molar-refractivity contribution in [2.24, 2.45) is 0 Å². The zero-order chi connectivity index (χ0) is 20.3. The van der Waals surface area contributed by atoms with Gasteiger partial charge < -0.3 is 5.32 Å². The van der Waals surface area contributed by atoms with Crippen molar-refractivity contribution in [2.45, 2.75) is 36.7 Å². The first-order valence-corrected chi connectivity index (χ1v) is 11.0. The molecule has 0 saturated heterocycles. The van der Waals surface area contributed by atoms with Crippen molar-refractivity contribution < 1.29 is 13.2 Å². The maximum atomic E-state index is 12.2. The van der Waals surface area contributed by atoms with Gasteiger partial charge in [0.2, 0.25) is 15.9 Å². The van der Waals surface area contributed by atoms with Gasteiger partial charge in [-0.25, -0.2) is 13.1 Å². The van der Waals surface area contributed by atoms with E-state index in [0.29, 0.717) is 10.0 Å². The van der Waals surface area contributed by atoms with Gasteiger partial charge in [0.25, 0.3) is 0 Å². The molecule has 1 aliphatic carbocycles. The largest absolute Gasteiger partial charge is 0.346 e. The number of rotatable bonds is 7. The van der Waals surface area contributed by atoms with E-state index in [4.69, 9.17) is 23.2 Å². The monoisotopic (exact) mass is 438 g/mol. The van der Waals surface area contributed by atoms with Gasteiger partial charge in [0, 0.05) is 22.2 Å². The third-order valence-corrected chi connectivity index (χ3v) is 6.40. The Morgan fingerprint density at radius 1 is 1.14 bits per heavy atom. The van der Waals surface area contributed by atoms with Gasteiger partial charge in [0.05, 0.1) is 10.9 Å². The highest BCUT2D eigenvalue weighted by Gasteiger charge is 2.27. The number of hydrogen-bond acceptors (Lipinski definition) is 3. The highest BCUT2D eigenvalue weighted by atomic mass is 35.5. The van der Waals surface area contributed by atoms with Crippen molar-refractivity contribution >= 4 is 45.2 Å². The van der Waals surface area contributed by atoms with Crippen LogP contribution in [0, 0.1) is 0 Å². The van der Waals surface area contributed by atoms with E-state index in [2.05, 4.69) is 10.0 Å². The van der Waals surface area contributed by atoms with Crippen molar-refractivity contribution in [3.05, 3.63) is 69.7 Å². The summed E-state index contributed by atoms with van der Waals surface area (Å²) in [5, 5.41) is 3.85. The van der Waals surface area contributed by atoms with Gasteiger partial charge in [-0.3, -0.25) is 4.79 Å². The number of nitrogens with one attached hydrogen (secondary N) is 2. The summed E-state index contributed by atoms with van der Waals surface area (Å²) in [4.78, 5) is 12.4. The molecule has 8 heteroatoms. The van der Waals surface area contributed by atoms with E-state index in [0.717, 1.165) is 24.0 Å². The molecule has 1 saturated carbocycles. The molecule has 3 rings (SSSR count). The van der Waals surface area contributed by atoms with E-state index in [1.807, 2.05) is 6.92 Å². The Balaban J connectivity index is 1.60. The Morgan fingerprint density at radius 3 is 2.43 bits per heavy atom. The van der Waals surface area contributed by atoms with Crippen molar-refractivity contribution in [1.82, 2.24) is 10.0 Å². The average molecular weight is 439 g/mol. The van der Waals surface area contributed by atoms with E-state index in [9.17, 15) is 13.2 Å². The molecular formula is C20H20Cl2N2O3S. The molecule has 1 unspecified atom stereocenters. The van der Waals surface area contributed by atoms with Crippen LogP contribution in [0.1, 0.15) is 36.9 Å². The lowest BCUT2D eigenvalue weighted by molar-refractivity contribution is -0.117. The third kappa shape index (κ3) is 5.58. The van der Waals surface area contributed by atoms with E-state index in [-0.39, 0.29) is 22.9 Å². The summed E-state index contributed by atoms with van der Waals surface area (Å²) in [6.45, 7) is 1.83. The summed E-state index contributed by atoms with van der Waals surface area (Å²) in [6.07, 6.45) is 4.78. The minimum Gasteiger partial charge on any atom is -0.346 e. The minimum atomic E-state index is -3.47. The minimum absolute atomic E-state index is 0.0596. The van der Waals surface area contributed by atoms with Crippen molar-refractivity contribution in [2.75, 3.05) is 0 Å². The van der Waals surface area contributed by atoms with E-state index >= 15 is 0 Å². The Morgan fingerprint density at radius 2 is 1.82 bits per heavy atom. The first kappa shape index (κ1) is 20.9. The third-order valence-electron chi connectivity index (χ3n) is 4.30. The highest BCUT2D eigenvalue weighted by Crippen LogP contribution is 2.26. The molecule has 148 valence electrons. The number of halogens is 2. The molecule has 1 fully saturated rings. The summed E-state index contributed by atoms with van der Waals surface area (Å²) in [6, 6.07) is 11.3. The molecule has 0 spiro atoms. The second-order valence-corrected chi connectivity index (χ2v) is 9.25. The van der Waals surface area contributed by atoms with Crippen LogP contribution in [0.4, 0.5) is 0 Å². The standard InChI is InChI=1S/C20H20Cl2N2O3S/c1-13(18-10-5-15(21)12-19(18)22)23-20(25)11-4-14-2-8-17(9-3-14)28(26,27)24-16-6-7-16/h2-5,8-13,16,24H,6-7H2,1H3,(H,23,25)/b11-4+. The van der Waals surface area contributed by atoms with Crippen LogP contribution < -0.4 is 10.0 Å². The highest BCUT2D eigenvalue weighted by molar-refractivity contribution is 7.89. The predicted molar refractivity (Wildman–Crippen MR) is 112 cm³/mol. The van der Waals surface area contributed by atoms with Gasteiger partial charge >= 0.3 is 0 Å². The molecule has 0 heterocycles. The van der Waals surface area contributed by atoms with Crippen LogP contribution in [0.25, 0.3) is 6.08 Å². The quantitative estimate of drug-likeness (QED) is 0.631. The normalized spacial score (nSPS) is 15.5. The summed E-state index contributed by atoms with van der Waals surface area (Å²) in [7, 11) is -3.47. The van der Waals surface area contributed by atoms with Crippen LogP contribution in [0.15, 0.2) is 53.4 Å². The van der Waals surface area contributed by atoms with E-state index < -0.39 is 10.0 Å². The number of sulfonamides is 1. The SMILES string of the molecule is CC(NC(=O)/C=C/c1ccc(S(=O)(=O)NC2CC2)cc1)c1ccc(Cl)cc1Cl. The van der Waals surface area contributed by atoms with E-state index in [1.165, 1.54) is 18.2 Å². The van der Waals surface area contributed by atoms with Gasteiger partial charge in [0.1, 0.15) is 0 Å². The summed E-state index contributed by atoms with van der Waals surface area (Å²) < 4.78 is 26.9. The second kappa shape index (κ2) is 8.66. The fourth-order valence-electron chi connectivity index (χ4n) is 2.61. The topological polar surface area (TPSA) is 75.3 Å². The summed E-state index contributed by atoms with van der Waals surface area (Å²) in [5.41, 5.74) is 1.49. The van der Waals surface area contributed by atoms with Crippen LogP contribution in [0.2, 0.25) is 10.0 Å². The van der Waals surface area contributed by atoms with Crippen LogP contribution in [0.5, 0.6) is 0 Å². The zero-order valence-electron chi connectivity index (χ0n) is 15.2. The van der Waals surface area contributed by atoms with Crippen LogP contribution in [-0.4, -0.2) is 20.4 Å². The smallest absolute Gasteiger partial charge is 0.244 e. The molecule has 28 heavy (non-hydrogen) atoms. The molecule has 5 nitrogen and oxygen atoms in total. The van der Waals surface area contributed by atoms with Gasteiger partial charge in [-0.15, -0.1) is 0 Å². The van der Waals surface area contributed by atoms with E-state index in [1.54, 1.807) is 36.4 Å². The molecule has 1 atom stereocenters. The van der Waals surface area contributed by atoms with Crippen LogP contribution in [-0.2, 0) is 14.8 Å². The average Bonchev–Trinajstić information content (AvgIpc) is 3.43. The fourth-order valence-corrected chi connectivity index (χ4v) is 4.49. The molecule has 1 aliphatic rings. The summed E-state index contributed by atoms with van der Waals surface area (Å²) >= 11 is 12.0. The molecule has 0 radical (unpaired) electrons. The number of carbonyl (C=O) groups is 1. The lowest BCUT2D eigenvalue weighted by Gasteiger charge is -2.14. The Hall–Kier alpha value is -1.86. The molecule has 1 amide bonds. The molecule has 2 aromatic rings. The zero-order valence-corrected chi connectivity index (χ0v) is 17.5. The lowest BCUT2D eigenvalue weighted by atomic mass is 10.1. The van der Waals surface area contributed by atoms with Gasteiger partial charge in [0.15, 0.2) is 0 Å². The summed E-state index contributed by atoms with van der Waals surface area (Å²) in [5.74, 6) is -0.286. The van der Waals surface area contributed by atoms with Crippen LogP contribution in [0.3, 0.4) is 0 Å². The van der Waals surface area contributed by atoms with Gasteiger partial charge in [-0.05, 0) is 61.2 Å². The maximum Gasteiger partial charge on any atom is 0.244 e. The molecule has 0 aromatic heterocycles. The lowest BCUT2D eigenvalue weighted by Crippen LogP contribution is -2.25. The second-order valence-electron chi connectivity index (χ2n) is 6.69. The number of carbonyl (C=O) groups excluding carboxylic acids is 1. The fraction of sp³-hybridized carbons (Fsp3) is 0.250. The Kier molecular flexibility index (Phi) is 6.45. The molecule has 2 aromatic carbocycles. The predicted octanol–water partition coefficient (Wildman–Crippen LogP) is 4.32.